The van der Waals surface area contributed by atoms with Crippen LogP contribution >= 0.6 is 11.6 Å². The highest BCUT2D eigenvalue weighted by Gasteiger charge is 2.20. The number of halogens is 1. The van der Waals surface area contributed by atoms with Crippen LogP contribution < -0.4 is 11.2 Å². The molecule has 0 atom stereocenters. The number of ether oxygens (including phenoxy) is 1. The molecule has 0 aliphatic rings. The Morgan fingerprint density at radius 3 is 2.63 bits per heavy atom. The van der Waals surface area contributed by atoms with Crippen LogP contribution in [0.1, 0.15) is 32.7 Å². The van der Waals surface area contributed by atoms with E-state index in [0.29, 0.717) is 32.8 Å². The summed E-state index contributed by atoms with van der Waals surface area (Å²) >= 11 is 6.16. The second-order valence-corrected chi connectivity index (χ2v) is 6.69. The SMILES string of the molecule is Cc1cc2oc(=O)cc(COC(=O)c3c(C)c(C)nn(C)c3=O)c2cc1Cl. The second kappa shape index (κ2) is 7.00. The lowest BCUT2D eigenvalue weighted by Gasteiger charge is -2.11. The van der Waals surface area contributed by atoms with Crippen LogP contribution in [0, 0.1) is 20.8 Å². The minimum Gasteiger partial charge on any atom is -0.457 e. The Balaban J connectivity index is 1.99. The summed E-state index contributed by atoms with van der Waals surface area (Å²) in [4.78, 5) is 36.6. The van der Waals surface area contributed by atoms with Crippen molar-refractivity contribution >= 4 is 28.5 Å². The average molecular weight is 389 g/mol. The summed E-state index contributed by atoms with van der Waals surface area (Å²) in [7, 11) is 1.46. The molecule has 140 valence electrons. The smallest absolute Gasteiger partial charge is 0.344 e. The molecule has 2 aromatic heterocycles. The summed E-state index contributed by atoms with van der Waals surface area (Å²) in [5, 5.41) is 5.09. The fourth-order valence-electron chi connectivity index (χ4n) is 2.77. The highest BCUT2D eigenvalue weighted by atomic mass is 35.5. The summed E-state index contributed by atoms with van der Waals surface area (Å²) < 4.78 is 11.6. The van der Waals surface area contributed by atoms with Gasteiger partial charge in [-0.15, -0.1) is 0 Å². The maximum absolute atomic E-state index is 12.5. The molecule has 7 nitrogen and oxygen atoms in total. The van der Waals surface area contributed by atoms with E-state index in [1.165, 1.54) is 13.1 Å². The van der Waals surface area contributed by atoms with Crippen LogP contribution in [-0.4, -0.2) is 15.7 Å². The predicted octanol–water partition coefficient (Wildman–Crippen LogP) is 2.82. The Kier molecular flexibility index (Phi) is 4.89. The largest absolute Gasteiger partial charge is 0.457 e. The van der Waals surface area contributed by atoms with Gasteiger partial charge in [-0.2, -0.15) is 5.10 Å². The maximum Gasteiger partial charge on any atom is 0.344 e. The van der Waals surface area contributed by atoms with Crippen LogP contribution in [0.25, 0.3) is 11.0 Å². The number of rotatable bonds is 3. The third kappa shape index (κ3) is 3.50. The molecule has 0 fully saturated rings. The molecule has 2 heterocycles. The molecule has 0 amide bonds. The van der Waals surface area contributed by atoms with Gasteiger partial charge in [-0.05, 0) is 44.0 Å². The highest BCUT2D eigenvalue weighted by Crippen LogP contribution is 2.25. The molecule has 8 heteroatoms. The van der Waals surface area contributed by atoms with Gasteiger partial charge in [-0.3, -0.25) is 4.79 Å². The fraction of sp³-hybridized carbons (Fsp3) is 0.263. The second-order valence-electron chi connectivity index (χ2n) is 6.28. The molecule has 0 unspecified atom stereocenters. The van der Waals surface area contributed by atoms with Crippen molar-refractivity contribution in [2.45, 2.75) is 27.4 Å². The van der Waals surface area contributed by atoms with Crippen LogP contribution in [0.5, 0.6) is 0 Å². The van der Waals surface area contributed by atoms with Crippen LogP contribution in [-0.2, 0) is 18.4 Å². The van der Waals surface area contributed by atoms with Crippen molar-refractivity contribution in [3.05, 3.63) is 71.9 Å². The van der Waals surface area contributed by atoms with E-state index in [1.807, 2.05) is 0 Å². The van der Waals surface area contributed by atoms with Crippen molar-refractivity contribution in [1.82, 2.24) is 9.78 Å². The number of hydrogen-bond acceptors (Lipinski definition) is 6. The molecular formula is C19H17ClN2O5. The summed E-state index contributed by atoms with van der Waals surface area (Å²) in [6.07, 6.45) is 0. The molecular weight excluding hydrogens is 372 g/mol. The number of esters is 1. The Hall–Kier alpha value is -2.93. The number of fused-ring (bicyclic) bond motifs is 1. The normalized spacial score (nSPS) is 11.0. The minimum absolute atomic E-state index is 0.0776. The Morgan fingerprint density at radius 1 is 1.22 bits per heavy atom. The van der Waals surface area contributed by atoms with Gasteiger partial charge in [0.15, 0.2) is 0 Å². The van der Waals surface area contributed by atoms with Gasteiger partial charge in [-0.1, -0.05) is 11.6 Å². The summed E-state index contributed by atoms with van der Waals surface area (Å²) in [6.45, 7) is 4.92. The van der Waals surface area contributed by atoms with E-state index in [9.17, 15) is 14.4 Å². The van der Waals surface area contributed by atoms with Crippen molar-refractivity contribution in [3.63, 3.8) is 0 Å². The van der Waals surface area contributed by atoms with Crippen molar-refractivity contribution in [2.24, 2.45) is 7.05 Å². The first-order valence-electron chi connectivity index (χ1n) is 8.13. The molecule has 0 N–H and O–H groups in total. The molecule has 1 aromatic carbocycles. The topological polar surface area (TPSA) is 91.4 Å². The zero-order valence-electron chi connectivity index (χ0n) is 15.3. The monoisotopic (exact) mass is 388 g/mol. The number of carbonyl (C=O) groups is 1. The number of aryl methyl sites for hydroxylation is 3. The summed E-state index contributed by atoms with van der Waals surface area (Å²) in [5.74, 6) is -0.779. The van der Waals surface area contributed by atoms with Gasteiger partial charge in [0.05, 0.1) is 5.69 Å². The lowest BCUT2D eigenvalue weighted by Crippen LogP contribution is -2.29. The molecule has 3 aromatic rings. The molecule has 0 saturated heterocycles. The number of nitrogens with zero attached hydrogens (tertiary/aromatic N) is 2. The molecule has 0 spiro atoms. The van der Waals surface area contributed by atoms with Gasteiger partial charge in [0.2, 0.25) is 0 Å². The van der Waals surface area contributed by atoms with Crippen LogP contribution in [0.3, 0.4) is 0 Å². The van der Waals surface area contributed by atoms with Gasteiger partial charge < -0.3 is 9.15 Å². The third-order valence-corrected chi connectivity index (χ3v) is 4.80. The van der Waals surface area contributed by atoms with E-state index in [-0.39, 0.29) is 12.2 Å². The first-order valence-corrected chi connectivity index (χ1v) is 8.51. The lowest BCUT2D eigenvalue weighted by molar-refractivity contribution is 0.0469. The third-order valence-electron chi connectivity index (χ3n) is 4.40. The Labute approximate surface area is 159 Å². The lowest BCUT2D eigenvalue weighted by atomic mass is 10.1. The number of hydrogen-bond donors (Lipinski definition) is 0. The minimum atomic E-state index is -0.779. The van der Waals surface area contributed by atoms with Crippen molar-refractivity contribution in [2.75, 3.05) is 0 Å². The van der Waals surface area contributed by atoms with E-state index in [4.69, 9.17) is 20.8 Å². The van der Waals surface area contributed by atoms with Crippen molar-refractivity contribution in [3.8, 4) is 0 Å². The number of benzene rings is 1. The predicted molar refractivity (Wildman–Crippen MR) is 100 cm³/mol. The fourth-order valence-corrected chi connectivity index (χ4v) is 2.94. The van der Waals surface area contributed by atoms with Crippen molar-refractivity contribution < 1.29 is 13.9 Å². The zero-order valence-corrected chi connectivity index (χ0v) is 16.0. The average Bonchev–Trinajstić information content (AvgIpc) is 2.59. The van der Waals surface area contributed by atoms with E-state index in [0.717, 1.165) is 10.2 Å². The van der Waals surface area contributed by atoms with E-state index in [1.54, 1.807) is 32.9 Å². The van der Waals surface area contributed by atoms with Gasteiger partial charge in [0, 0.05) is 29.1 Å². The molecule has 3 rings (SSSR count). The summed E-state index contributed by atoms with van der Waals surface area (Å²) in [6, 6.07) is 4.54. The van der Waals surface area contributed by atoms with Crippen molar-refractivity contribution in [1.29, 1.82) is 0 Å². The Morgan fingerprint density at radius 2 is 1.93 bits per heavy atom. The van der Waals surface area contributed by atoms with Crippen LogP contribution in [0.2, 0.25) is 5.02 Å². The van der Waals surface area contributed by atoms with Gasteiger partial charge in [0.25, 0.3) is 5.56 Å². The molecule has 0 aliphatic heterocycles. The molecule has 0 radical (unpaired) electrons. The van der Waals surface area contributed by atoms with E-state index < -0.39 is 17.2 Å². The molecule has 0 aliphatic carbocycles. The first-order chi connectivity index (χ1) is 12.7. The quantitative estimate of drug-likeness (QED) is 0.506. The first kappa shape index (κ1) is 18.8. The van der Waals surface area contributed by atoms with Gasteiger partial charge in [0.1, 0.15) is 17.8 Å². The van der Waals surface area contributed by atoms with E-state index in [2.05, 4.69) is 5.10 Å². The summed E-state index contributed by atoms with van der Waals surface area (Å²) in [5.41, 5.74) is 1.37. The van der Waals surface area contributed by atoms with Gasteiger partial charge >= 0.3 is 11.6 Å². The van der Waals surface area contributed by atoms with Gasteiger partial charge in [-0.25, -0.2) is 14.3 Å². The van der Waals surface area contributed by atoms with Crippen LogP contribution in [0.4, 0.5) is 0 Å². The highest BCUT2D eigenvalue weighted by molar-refractivity contribution is 6.32. The number of aromatic nitrogens is 2. The standard InChI is InChI=1S/C19H17ClN2O5/c1-9-5-15-13(7-14(9)20)12(6-16(23)27-15)8-26-19(25)17-10(2)11(3)21-22(4)18(17)24/h5-7H,8H2,1-4H3. The molecule has 27 heavy (non-hydrogen) atoms. The number of carbonyl (C=O) groups excluding carboxylic acids is 1. The molecule has 0 bridgehead atoms. The van der Waals surface area contributed by atoms with E-state index >= 15 is 0 Å². The van der Waals surface area contributed by atoms with Crippen LogP contribution in [0.15, 0.2) is 32.2 Å². The molecule has 0 saturated carbocycles. The maximum atomic E-state index is 12.5. The zero-order chi connectivity index (χ0) is 19.9. The Bertz CT molecular complexity index is 1190.